The summed E-state index contributed by atoms with van der Waals surface area (Å²) in [7, 11) is 0. The molecule has 1 aliphatic rings. The third kappa shape index (κ3) is 3.63. The molecule has 0 radical (unpaired) electrons. The van der Waals surface area contributed by atoms with E-state index in [4.69, 9.17) is 21.1 Å². The second-order valence-corrected chi connectivity index (χ2v) is 6.20. The SMILES string of the molecule is Clc1ccc(OCC2(c3ccccc3)CCCCCO2)cc1. The van der Waals surface area contributed by atoms with Crippen LogP contribution in [0.4, 0.5) is 0 Å². The predicted octanol–water partition coefficient (Wildman–Crippen LogP) is 5.20. The quantitative estimate of drug-likeness (QED) is 0.771. The van der Waals surface area contributed by atoms with Crippen molar-refractivity contribution in [3.63, 3.8) is 0 Å². The summed E-state index contributed by atoms with van der Waals surface area (Å²) < 4.78 is 12.3. The Kier molecular flexibility index (Phi) is 5.01. The molecule has 0 aromatic heterocycles. The maximum absolute atomic E-state index is 6.27. The zero-order valence-electron chi connectivity index (χ0n) is 12.6. The highest BCUT2D eigenvalue weighted by Gasteiger charge is 2.35. The summed E-state index contributed by atoms with van der Waals surface area (Å²) >= 11 is 5.93. The van der Waals surface area contributed by atoms with Crippen LogP contribution in [0.5, 0.6) is 5.75 Å². The third-order valence-electron chi connectivity index (χ3n) is 4.19. The highest BCUT2D eigenvalue weighted by atomic mass is 35.5. The van der Waals surface area contributed by atoms with Crippen molar-refractivity contribution in [1.29, 1.82) is 0 Å². The van der Waals surface area contributed by atoms with Gasteiger partial charge in [-0.25, -0.2) is 0 Å². The number of benzene rings is 2. The van der Waals surface area contributed by atoms with Gasteiger partial charge in [0.1, 0.15) is 18.0 Å². The number of rotatable bonds is 4. The minimum absolute atomic E-state index is 0.350. The first-order chi connectivity index (χ1) is 10.8. The number of ether oxygens (including phenoxy) is 2. The van der Waals surface area contributed by atoms with Crippen molar-refractivity contribution in [2.45, 2.75) is 31.3 Å². The predicted molar refractivity (Wildman–Crippen MR) is 89.5 cm³/mol. The van der Waals surface area contributed by atoms with E-state index in [1.165, 1.54) is 18.4 Å². The summed E-state index contributed by atoms with van der Waals surface area (Å²) in [6.07, 6.45) is 4.49. The minimum Gasteiger partial charge on any atom is -0.490 e. The number of hydrogen-bond donors (Lipinski definition) is 0. The fourth-order valence-corrected chi connectivity index (χ4v) is 3.05. The Labute approximate surface area is 137 Å². The highest BCUT2D eigenvalue weighted by molar-refractivity contribution is 6.30. The molecule has 1 aliphatic heterocycles. The van der Waals surface area contributed by atoms with Crippen LogP contribution in [0.2, 0.25) is 5.02 Å². The van der Waals surface area contributed by atoms with Gasteiger partial charge < -0.3 is 9.47 Å². The van der Waals surface area contributed by atoms with Crippen molar-refractivity contribution in [2.24, 2.45) is 0 Å². The van der Waals surface area contributed by atoms with E-state index in [2.05, 4.69) is 24.3 Å². The molecule has 3 rings (SSSR count). The maximum atomic E-state index is 6.27. The molecule has 0 amide bonds. The molecule has 0 bridgehead atoms. The average molecular weight is 317 g/mol. The molecule has 1 heterocycles. The molecule has 0 N–H and O–H groups in total. The summed E-state index contributed by atoms with van der Waals surface area (Å²) in [6.45, 7) is 1.32. The monoisotopic (exact) mass is 316 g/mol. The lowest BCUT2D eigenvalue weighted by atomic mass is 9.89. The topological polar surface area (TPSA) is 18.5 Å². The molecule has 2 aromatic rings. The van der Waals surface area contributed by atoms with Crippen LogP contribution in [-0.4, -0.2) is 13.2 Å². The Bertz CT molecular complexity index is 572. The van der Waals surface area contributed by atoms with Crippen molar-refractivity contribution in [3.8, 4) is 5.75 Å². The average Bonchev–Trinajstić information content (AvgIpc) is 2.82. The van der Waals surface area contributed by atoms with Crippen molar-refractivity contribution >= 4 is 11.6 Å². The molecular formula is C19H21ClO2. The van der Waals surface area contributed by atoms with Crippen LogP contribution in [0.15, 0.2) is 54.6 Å². The number of hydrogen-bond acceptors (Lipinski definition) is 2. The fourth-order valence-electron chi connectivity index (χ4n) is 2.93. The first kappa shape index (κ1) is 15.4. The van der Waals surface area contributed by atoms with Gasteiger partial charge in [-0.05, 0) is 42.7 Å². The van der Waals surface area contributed by atoms with Gasteiger partial charge in [0.25, 0.3) is 0 Å². The molecule has 2 nitrogen and oxygen atoms in total. The summed E-state index contributed by atoms with van der Waals surface area (Å²) in [4.78, 5) is 0. The van der Waals surface area contributed by atoms with Crippen LogP contribution in [-0.2, 0) is 10.3 Å². The summed E-state index contributed by atoms with van der Waals surface area (Å²) in [5.74, 6) is 0.826. The van der Waals surface area contributed by atoms with Crippen LogP contribution in [0.1, 0.15) is 31.2 Å². The molecule has 1 unspecified atom stereocenters. The molecule has 0 aliphatic carbocycles. The minimum atomic E-state index is -0.350. The molecule has 22 heavy (non-hydrogen) atoms. The highest BCUT2D eigenvalue weighted by Crippen LogP contribution is 2.35. The van der Waals surface area contributed by atoms with E-state index in [0.717, 1.165) is 30.2 Å². The smallest absolute Gasteiger partial charge is 0.127 e. The molecule has 0 spiro atoms. The third-order valence-corrected chi connectivity index (χ3v) is 4.44. The van der Waals surface area contributed by atoms with Crippen LogP contribution in [0.25, 0.3) is 0 Å². The van der Waals surface area contributed by atoms with Gasteiger partial charge in [-0.15, -0.1) is 0 Å². The van der Waals surface area contributed by atoms with Gasteiger partial charge in [0, 0.05) is 11.6 Å². The van der Waals surface area contributed by atoms with Crippen molar-refractivity contribution in [3.05, 3.63) is 65.2 Å². The molecule has 3 heteroatoms. The Balaban J connectivity index is 1.80. The maximum Gasteiger partial charge on any atom is 0.127 e. The second-order valence-electron chi connectivity index (χ2n) is 5.76. The second kappa shape index (κ2) is 7.17. The van der Waals surface area contributed by atoms with Crippen molar-refractivity contribution < 1.29 is 9.47 Å². The number of halogens is 1. The van der Waals surface area contributed by atoms with Crippen molar-refractivity contribution in [1.82, 2.24) is 0 Å². The zero-order chi connectivity index (χ0) is 15.3. The summed E-state index contributed by atoms with van der Waals surface area (Å²) in [5.41, 5.74) is 0.850. The van der Waals surface area contributed by atoms with Gasteiger partial charge in [0.15, 0.2) is 0 Å². The first-order valence-electron chi connectivity index (χ1n) is 7.86. The zero-order valence-corrected chi connectivity index (χ0v) is 13.4. The van der Waals surface area contributed by atoms with E-state index in [9.17, 15) is 0 Å². The molecular weight excluding hydrogens is 296 g/mol. The van der Waals surface area contributed by atoms with Gasteiger partial charge in [-0.3, -0.25) is 0 Å². The van der Waals surface area contributed by atoms with Gasteiger partial charge in [0.2, 0.25) is 0 Å². The van der Waals surface area contributed by atoms with Gasteiger partial charge in [-0.1, -0.05) is 54.8 Å². The van der Waals surface area contributed by atoms with Gasteiger partial charge in [0.05, 0.1) is 0 Å². The van der Waals surface area contributed by atoms with E-state index < -0.39 is 0 Å². The summed E-state index contributed by atoms with van der Waals surface area (Å²) in [5, 5.41) is 0.718. The van der Waals surface area contributed by atoms with Crippen LogP contribution in [0, 0.1) is 0 Å². The van der Waals surface area contributed by atoms with E-state index in [-0.39, 0.29) is 5.60 Å². The lowest BCUT2D eigenvalue weighted by molar-refractivity contribution is -0.0766. The fraction of sp³-hybridized carbons (Fsp3) is 0.368. The Morgan fingerprint density at radius 3 is 2.50 bits per heavy atom. The Morgan fingerprint density at radius 1 is 0.955 bits per heavy atom. The lowest BCUT2D eigenvalue weighted by Crippen LogP contribution is -2.36. The molecule has 1 saturated heterocycles. The molecule has 1 atom stereocenters. The standard InChI is InChI=1S/C19H21ClO2/c20-17-9-11-18(12-10-17)21-15-19(13-5-2-6-14-22-19)16-7-3-1-4-8-16/h1,3-4,7-12H,2,5-6,13-15H2. The molecule has 116 valence electrons. The van der Waals surface area contributed by atoms with E-state index in [1.54, 1.807) is 0 Å². The Morgan fingerprint density at radius 2 is 1.73 bits per heavy atom. The van der Waals surface area contributed by atoms with Crippen LogP contribution < -0.4 is 4.74 Å². The van der Waals surface area contributed by atoms with Crippen molar-refractivity contribution in [2.75, 3.05) is 13.2 Å². The van der Waals surface area contributed by atoms with E-state index >= 15 is 0 Å². The molecule has 0 saturated carbocycles. The van der Waals surface area contributed by atoms with Crippen LogP contribution in [0.3, 0.4) is 0 Å². The molecule has 1 fully saturated rings. The molecule has 2 aromatic carbocycles. The largest absolute Gasteiger partial charge is 0.490 e. The van der Waals surface area contributed by atoms with E-state index in [1.807, 2.05) is 30.3 Å². The first-order valence-corrected chi connectivity index (χ1v) is 8.24. The van der Waals surface area contributed by atoms with Crippen LogP contribution >= 0.6 is 11.6 Å². The lowest BCUT2D eigenvalue weighted by Gasteiger charge is -2.33. The van der Waals surface area contributed by atoms with E-state index in [0.29, 0.717) is 6.61 Å². The van der Waals surface area contributed by atoms with Gasteiger partial charge in [-0.2, -0.15) is 0 Å². The van der Waals surface area contributed by atoms with Gasteiger partial charge >= 0.3 is 0 Å². The summed E-state index contributed by atoms with van der Waals surface area (Å²) in [6, 6.07) is 17.9. The normalized spacial score (nSPS) is 22.0. The Hall–Kier alpha value is -1.51.